The molecule has 1 aliphatic heterocycles. The van der Waals surface area contributed by atoms with E-state index >= 15 is 0 Å². The van der Waals surface area contributed by atoms with Crippen LogP contribution in [0, 0.1) is 5.92 Å². The molecular formula is C16H25NO2S. The van der Waals surface area contributed by atoms with Gasteiger partial charge in [-0.2, -0.15) is 0 Å². The first kappa shape index (κ1) is 14.5. The molecule has 20 heavy (non-hydrogen) atoms. The van der Waals surface area contributed by atoms with Gasteiger partial charge >= 0.3 is 0 Å². The average molecular weight is 295 g/mol. The predicted molar refractivity (Wildman–Crippen MR) is 81.9 cm³/mol. The maximum absolute atomic E-state index is 5.90. The lowest BCUT2D eigenvalue weighted by Gasteiger charge is -2.25. The Morgan fingerprint density at radius 2 is 2.20 bits per heavy atom. The van der Waals surface area contributed by atoms with E-state index in [9.17, 15) is 0 Å². The first-order chi connectivity index (χ1) is 9.64. The van der Waals surface area contributed by atoms with Gasteiger partial charge in [0.05, 0.1) is 12.7 Å². The molecule has 3 rings (SSSR count). The molecule has 3 nitrogen and oxygen atoms in total. The summed E-state index contributed by atoms with van der Waals surface area (Å²) in [6, 6.07) is 4.91. The van der Waals surface area contributed by atoms with Crippen LogP contribution in [0.1, 0.15) is 50.4 Å². The maximum atomic E-state index is 5.90. The summed E-state index contributed by atoms with van der Waals surface area (Å²) in [5.41, 5.74) is 0. The highest BCUT2D eigenvalue weighted by atomic mass is 32.1. The van der Waals surface area contributed by atoms with Crippen molar-refractivity contribution in [3.63, 3.8) is 0 Å². The monoisotopic (exact) mass is 295 g/mol. The van der Waals surface area contributed by atoms with Gasteiger partial charge in [-0.3, -0.25) is 0 Å². The molecule has 0 amide bonds. The molecular weight excluding hydrogens is 270 g/mol. The van der Waals surface area contributed by atoms with Crippen LogP contribution in [0.5, 0.6) is 0 Å². The highest BCUT2D eigenvalue weighted by Crippen LogP contribution is 2.37. The summed E-state index contributed by atoms with van der Waals surface area (Å²) < 4.78 is 11.5. The van der Waals surface area contributed by atoms with Crippen molar-refractivity contribution >= 4 is 11.3 Å². The Bertz CT molecular complexity index is 412. The van der Waals surface area contributed by atoms with Crippen molar-refractivity contribution in [3.8, 4) is 0 Å². The molecule has 0 aromatic carbocycles. The second-order valence-electron chi connectivity index (χ2n) is 6.40. The lowest BCUT2D eigenvalue weighted by atomic mass is 9.96. The molecule has 2 fully saturated rings. The van der Waals surface area contributed by atoms with Gasteiger partial charge in [0.15, 0.2) is 5.79 Å². The SMILES string of the molecule is CC1(C)OCC(CNC(c2cccs2)C2CCCC2)O1. The summed E-state index contributed by atoms with van der Waals surface area (Å²) in [5.74, 6) is 0.363. The maximum Gasteiger partial charge on any atom is 0.163 e. The largest absolute Gasteiger partial charge is 0.348 e. The molecule has 0 bridgehead atoms. The fourth-order valence-corrected chi connectivity index (χ4v) is 4.27. The van der Waals surface area contributed by atoms with Gasteiger partial charge in [0.1, 0.15) is 0 Å². The Labute approximate surface area is 125 Å². The number of hydrogen-bond donors (Lipinski definition) is 1. The van der Waals surface area contributed by atoms with Crippen LogP contribution in [0.3, 0.4) is 0 Å². The normalized spacial score (nSPS) is 28.0. The second-order valence-corrected chi connectivity index (χ2v) is 7.38. The Kier molecular flexibility index (Phi) is 4.46. The van der Waals surface area contributed by atoms with Crippen LogP contribution in [0.25, 0.3) is 0 Å². The van der Waals surface area contributed by atoms with Crippen molar-refractivity contribution in [3.05, 3.63) is 22.4 Å². The first-order valence-electron chi connectivity index (χ1n) is 7.73. The summed E-state index contributed by atoms with van der Waals surface area (Å²) in [5, 5.41) is 5.93. The van der Waals surface area contributed by atoms with Crippen molar-refractivity contribution < 1.29 is 9.47 Å². The van der Waals surface area contributed by atoms with E-state index in [0.717, 1.165) is 12.5 Å². The molecule has 0 radical (unpaired) electrons. The number of hydrogen-bond acceptors (Lipinski definition) is 4. The lowest BCUT2D eigenvalue weighted by molar-refractivity contribution is -0.138. The van der Waals surface area contributed by atoms with Gasteiger partial charge in [0.25, 0.3) is 0 Å². The molecule has 1 N–H and O–H groups in total. The zero-order valence-electron chi connectivity index (χ0n) is 12.4. The molecule has 4 heteroatoms. The zero-order valence-corrected chi connectivity index (χ0v) is 13.2. The minimum atomic E-state index is -0.419. The summed E-state index contributed by atoms with van der Waals surface area (Å²) >= 11 is 1.87. The minimum absolute atomic E-state index is 0.175. The molecule has 1 saturated heterocycles. The lowest BCUT2D eigenvalue weighted by Crippen LogP contribution is -2.35. The number of rotatable bonds is 5. The van der Waals surface area contributed by atoms with Crippen LogP contribution in [0.15, 0.2) is 17.5 Å². The van der Waals surface area contributed by atoms with Crippen molar-refractivity contribution in [1.29, 1.82) is 0 Å². The molecule has 1 aromatic rings. The van der Waals surface area contributed by atoms with Gasteiger partial charge in [0, 0.05) is 17.5 Å². The van der Waals surface area contributed by atoms with E-state index in [4.69, 9.17) is 9.47 Å². The van der Waals surface area contributed by atoms with Crippen LogP contribution in [-0.2, 0) is 9.47 Å². The van der Waals surface area contributed by atoms with Gasteiger partial charge in [-0.1, -0.05) is 18.9 Å². The van der Waals surface area contributed by atoms with Crippen LogP contribution in [-0.4, -0.2) is 25.0 Å². The summed E-state index contributed by atoms with van der Waals surface area (Å²) in [7, 11) is 0. The third-order valence-electron chi connectivity index (χ3n) is 4.35. The van der Waals surface area contributed by atoms with E-state index in [1.54, 1.807) is 0 Å². The van der Waals surface area contributed by atoms with Crippen LogP contribution in [0.2, 0.25) is 0 Å². The highest BCUT2D eigenvalue weighted by Gasteiger charge is 2.34. The third kappa shape index (κ3) is 3.42. The smallest absolute Gasteiger partial charge is 0.163 e. The number of thiophene rings is 1. The van der Waals surface area contributed by atoms with Gasteiger partial charge < -0.3 is 14.8 Å². The van der Waals surface area contributed by atoms with Gasteiger partial charge in [0.2, 0.25) is 0 Å². The highest BCUT2D eigenvalue weighted by molar-refractivity contribution is 7.10. The molecule has 0 spiro atoms. The van der Waals surface area contributed by atoms with E-state index < -0.39 is 5.79 Å². The Hall–Kier alpha value is -0.420. The van der Waals surface area contributed by atoms with Crippen molar-refractivity contribution in [2.75, 3.05) is 13.2 Å². The Balaban J connectivity index is 1.59. The van der Waals surface area contributed by atoms with Gasteiger partial charge in [-0.05, 0) is 44.1 Å². The van der Waals surface area contributed by atoms with Crippen LogP contribution in [0.4, 0.5) is 0 Å². The van der Waals surface area contributed by atoms with E-state index in [0.29, 0.717) is 12.6 Å². The summed E-state index contributed by atoms with van der Waals surface area (Å²) in [6.45, 7) is 5.55. The molecule has 2 heterocycles. The number of nitrogens with one attached hydrogen (secondary N) is 1. The topological polar surface area (TPSA) is 30.5 Å². The third-order valence-corrected chi connectivity index (χ3v) is 5.31. The minimum Gasteiger partial charge on any atom is -0.348 e. The summed E-state index contributed by atoms with van der Waals surface area (Å²) in [4.78, 5) is 1.47. The van der Waals surface area contributed by atoms with E-state index in [1.165, 1.54) is 30.6 Å². The molecule has 1 aliphatic carbocycles. The van der Waals surface area contributed by atoms with Crippen molar-refractivity contribution in [2.24, 2.45) is 5.92 Å². The van der Waals surface area contributed by atoms with Crippen molar-refractivity contribution in [1.82, 2.24) is 5.32 Å². The fourth-order valence-electron chi connectivity index (χ4n) is 3.38. The quantitative estimate of drug-likeness (QED) is 0.898. The molecule has 1 saturated carbocycles. The van der Waals surface area contributed by atoms with E-state index in [-0.39, 0.29) is 6.10 Å². The molecule has 2 aliphatic rings. The van der Waals surface area contributed by atoms with Crippen molar-refractivity contribution in [2.45, 2.75) is 57.5 Å². The predicted octanol–water partition coefficient (Wildman–Crippen LogP) is 3.72. The van der Waals surface area contributed by atoms with Gasteiger partial charge in [-0.25, -0.2) is 0 Å². The van der Waals surface area contributed by atoms with Crippen LogP contribution < -0.4 is 5.32 Å². The van der Waals surface area contributed by atoms with E-state index in [1.807, 2.05) is 25.2 Å². The summed E-state index contributed by atoms with van der Waals surface area (Å²) in [6.07, 6.45) is 5.63. The van der Waals surface area contributed by atoms with Crippen LogP contribution >= 0.6 is 11.3 Å². The first-order valence-corrected chi connectivity index (χ1v) is 8.60. The standard InChI is InChI=1S/C16H25NO2S/c1-16(2)18-11-13(19-16)10-17-15(12-6-3-4-7-12)14-8-5-9-20-14/h5,8-9,12-13,15,17H,3-4,6-7,10-11H2,1-2H3. The average Bonchev–Trinajstić information content (AvgIpc) is 3.12. The second kappa shape index (κ2) is 6.14. The van der Waals surface area contributed by atoms with E-state index in [2.05, 4.69) is 22.8 Å². The zero-order chi connectivity index (χ0) is 14.0. The molecule has 2 unspecified atom stereocenters. The molecule has 112 valence electrons. The fraction of sp³-hybridized carbons (Fsp3) is 0.750. The van der Waals surface area contributed by atoms with Gasteiger partial charge in [-0.15, -0.1) is 11.3 Å². The number of ether oxygens (including phenoxy) is 2. The molecule has 2 atom stereocenters. The molecule has 1 aromatic heterocycles. The Morgan fingerprint density at radius 1 is 1.40 bits per heavy atom. The Morgan fingerprint density at radius 3 is 2.80 bits per heavy atom.